The molecule has 0 N–H and O–H groups in total. The SMILES string of the molecule is CC(=O)/C=C/[C@H]1C(C)=CC[C@@H](C)C1(C)C. The maximum Gasteiger partial charge on any atom is 0.152 e. The minimum absolute atomic E-state index is 0.136. The first-order chi connectivity index (χ1) is 6.85. The molecule has 0 saturated heterocycles. The Morgan fingerprint density at radius 2 is 2.13 bits per heavy atom. The monoisotopic (exact) mass is 206 g/mol. The van der Waals surface area contributed by atoms with Crippen LogP contribution in [-0.4, -0.2) is 5.78 Å². The van der Waals surface area contributed by atoms with Crippen LogP contribution in [0.2, 0.25) is 0 Å². The number of ketones is 1. The van der Waals surface area contributed by atoms with Crippen molar-refractivity contribution in [2.45, 2.75) is 41.0 Å². The molecule has 0 bridgehead atoms. The Morgan fingerprint density at radius 3 is 2.67 bits per heavy atom. The first-order valence-corrected chi connectivity index (χ1v) is 5.71. The highest BCUT2D eigenvalue weighted by Crippen LogP contribution is 2.45. The Morgan fingerprint density at radius 1 is 1.53 bits per heavy atom. The molecule has 1 aliphatic carbocycles. The van der Waals surface area contributed by atoms with Crippen LogP contribution in [0, 0.1) is 17.3 Å². The first-order valence-electron chi connectivity index (χ1n) is 5.71. The third kappa shape index (κ3) is 2.58. The van der Waals surface area contributed by atoms with Crippen molar-refractivity contribution in [3.8, 4) is 0 Å². The molecule has 0 aromatic carbocycles. The van der Waals surface area contributed by atoms with Crippen molar-refractivity contribution in [2.24, 2.45) is 17.3 Å². The smallest absolute Gasteiger partial charge is 0.152 e. The van der Waals surface area contributed by atoms with Crippen LogP contribution in [-0.2, 0) is 4.79 Å². The van der Waals surface area contributed by atoms with E-state index in [2.05, 4.69) is 39.8 Å². The topological polar surface area (TPSA) is 17.1 Å². The van der Waals surface area contributed by atoms with Crippen molar-refractivity contribution >= 4 is 5.78 Å². The molecule has 1 nitrogen and oxygen atoms in total. The van der Waals surface area contributed by atoms with E-state index in [9.17, 15) is 4.79 Å². The summed E-state index contributed by atoms with van der Waals surface area (Å²) in [7, 11) is 0. The summed E-state index contributed by atoms with van der Waals surface area (Å²) in [6, 6.07) is 0. The summed E-state index contributed by atoms with van der Waals surface area (Å²) in [5.41, 5.74) is 1.65. The van der Waals surface area contributed by atoms with E-state index in [0.29, 0.717) is 11.8 Å². The molecule has 0 fully saturated rings. The summed E-state index contributed by atoms with van der Waals surface area (Å²) >= 11 is 0. The second kappa shape index (κ2) is 4.34. The molecule has 0 radical (unpaired) electrons. The summed E-state index contributed by atoms with van der Waals surface area (Å²) < 4.78 is 0. The summed E-state index contributed by atoms with van der Waals surface area (Å²) in [4.78, 5) is 11.0. The second-order valence-electron chi connectivity index (χ2n) is 5.35. The van der Waals surface area contributed by atoms with Crippen molar-refractivity contribution in [1.29, 1.82) is 0 Å². The molecule has 0 aromatic rings. The Kier molecular flexibility index (Phi) is 3.54. The maximum atomic E-state index is 11.0. The number of hydrogen-bond acceptors (Lipinski definition) is 1. The van der Waals surface area contributed by atoms with Crippen molar-refractivity contribution in [3.63, 3.8) is 0 Å². The molecule has 2 atom stereocenters. The third-order valence-corrected chi connectivity index (χ3v) is 3.88. The van der Waals surface area contributed by atoms with Crippen LogP contribution >= 0.6 is 0 Å². The predicted molar refractivity (Wildman–Crippen MR) is 64.6 cm³/mol. The largest absolute Gasteiger partial charge is 0.295 e. The van der Waals surface area contributed by atoms with Crippen LogP contribution < -0.4 is 0 Å². The highest BCUT2D eigenvalue weighted by atomic mass is 16.1. The molecule has 1 rings (SSSR count). The quantitative estimate of drug-likeness (QED) is 0.496. The van der Waals surface area contributed by atoms with E-state index in [4.69, 9.17) is 0 Å². The van der Waals surface area contributed by atoms with Crippen LogP contribution in [0.1, 0.15) is 41.0 Å². The minimum Gasteiger partial charge on any atom is -0.295 e. The average molecular weight is 206 g/mol. The van der Waals surface area contributed by atoms with Gasteiger partial charge in [0.15, 0.2) is 5.78 Å². The van der Waals surface area contributed by atoms with Gasteiger partial charge in [-0.25, -0.2) is 0 Å². The van der Waals surface area contributed by atoms with Crippen LogP contribution in [0.5, 0.6) is 0 Å². The van der Waals surface area contributed by atoms with E-state index in [1.54, 1.807) is 13.0 Å². The summed E-state index contributed by atoms with van der Waals surface area (Å²) in [6.45, 7) is 10.7. The van der Waals surface area contributed by atoms with E-state index in [0.717, 1.165) is 6.42 Å². The van der Waals surface area contributed by atoms with Crippen molar-refractivity contribution < 1.29 is 4.79 Å². The molecular weight excluding hydrogens is 184 g/mol. The second-order valence-corrected chi connectivity index (χ2v) is 5.35. The van der Waals surface area contributed by atoms with Crippen LogP contribution in [0.4, 0.5) is 0 Å². The van der Waals surface area contributed by atoms with Gasteiger partial charge in [-0.3, -0.25) is 4.79 Å². The molecule has 0 unspecified atom stereocenters. The fourth-order valence-electron chi connectivity index (χ4n) is 2.32. The van der Waals surface area contributed by atoms with Crippen LogP contribution in [0.3, 0.4) is 0 Å². The van der Waals surface area contributed by atoms with Gasteiger partial charge in [0.25, 0.3) is 0 Å². The van der Waals surface area contributed by atoms with E-state index in [-0.39, 0.29) is 11.2 Å². The van der Waals surface area contributed by atoms with Gasteiger partial charge in [-0.2, -0.15) is 0 Å². The maximum absolute atomic E-state index is 11.0. The summed E-state index contributed by atoms with van der Waals surface area (Å²) in [6.07, 6.45) is 7.25. The zero-order chi connectivity index (χ0) is 11.6. The zero-order valence-electron chi connectivity index (χ0n) is 10.5. The van der Waals surface area contributed by atoms with Gasteiger partial charge in [-0.15, -0.1) is 0 Å². The van der Waals surface area contributed by atoms with Gasteiger partial charge in [-0.1, -0.05) is 38.5 Å². The molecule has 0 heterocycles. The summed E-state index contributed by atoms with van der Waals surface area (Å²) in [5.74, 6) is 1.21. The molecule has 0 aliphatic heterocycles. The number of allylic oxidation sites excluding steroid dienone is 4. The lowest BCUT2D eigenvalue weighted by Gasteiger charge is -2.42. The highest BCUT2D eigenvalue weighted by Gasteiger charge is 2.36. The van der Waals surface area contributed by atoms with Crippen molar-refractivity contribution in [3.05, 3.63) is 23.8 Å². The number of hydrogen-bond donors (Lipinski definition) is 0. The molecule has 0 spiro atoms. The molecular formula is C14H22O. The Balaban J connectivity index is 2.96. The molecule has 0 saturated carbocycles. The Bertz CT molecular complexity index is 307. The van der Waals surface area contributed by atoms with Crippen LogP contribution in [0.25, 0.3) is 0 Å². The molecule has 0 amide bonds. The van der Waals surface area contributed by atoms with E-state index < -0.39 is 0 Å². The van der Waals surface area contributed by atoms with Gasteiger partial charge in [0.1, 0.15) is 0 Å². The molecule has 0 aromatic heterocycles. The lowest BCUT2D eigenvalue weighted by Crippen LogP contribution is -2.33. The minimum atomic E-state index is 0.136. The molecule has 84 valence electrons. The van der Waals surface area contributed by atoms with Gasteiger partial charge in [0.2, 0.25) is 0 Å². The Hall–Kier alpha value is -0.850. The standard InChI is InChI=1S/C14H22O/c1-10-6-7-11(2)14(4,5)13(10)9-8-12(3)15/h6,8-9,11,13H,7H2,1-5H3/b9-8+/t11-,13+/m1/s1. The van der Waals surface area contributed by atoms with Gasteiger partial charge >= 0.3 is 0 Å². The molecule has 15 heavy (non-hydrogen) atoms. The number of carbonyl (C=O) groups excluding carboxylic acids is 1. The van der Waals surface area contributed by atoms with Gasteiger partial charge in [0, 0.05) is 5.92 Å². The highest BCUT2D eigenvalue weighted by molar-refractivity contribution is 5.87. The van der Waals surface area contributed by atoms with Gasteiger partial charge < -0.3 is 0 Å². The third-order valence-electron chi connectivity index (χ3n) is 3.88. The molecule has 1 heteroatoms. The number of rotatable bonds is 2. The van der Waals surface area contributed by atoms with E-state index in [1.165, 1.54) is 5.57 Å². The predicted octanol–water partition coefficient (Wildman–Crippen LogP) is 3.76. The van der Waals surface area contributed by atoms with Gasteiger partial charge in [-0.05, 0) is 37.7 Å². The van der Waals surface area contributed by atoms with E-state index in [1.807, 2.05) is 0 Å². The van der Waals surface area contributed by atoms with Crippen molar-refractivity contribution in [1.82, 2.24) is 0 Å². The average Bonchev–Trinajstić information content (AvgIpc) is 2.11. The fourth-order valence-corrected chi connectivity index (χ4v) is 2.32. The van der Waals surface area contributed by atoms with Crippen molar-refractivity contribution in [2.75, 3.05) is 0 Å². The molecule has 1 aliphatic rings. The first kappa shape index (κ1) is 12.2. The van der Waals surface area contributed by atoms with E-state index >= 15 is 0 Å². The lowest BCUT2D eigenvalue weighted by molar-refractivity contribution is -0.112. The fraction of sp³-hybridized carbons (Fsp3) is 0.643. The lowest BCUT2D eigenvalue weighted by atomic mass is 9.63. The summed E-state index contributed by atoms with van der Waals surface area (Å²) in [5, 5.41) is 0. The zero-order valence-corrected chi connectivity index (χ0v) is 10.5. The Labute approximate surface area is 93.3 Å². The van der Waals surface area contributed by atoms with Crippen LogP contribution in [0.15, 0.2) is 23.8 Å². The number of carbonyl (C=O) groups is 1. The van der Waals surface area contributed by atoms with Gasteiger partial charge in [0.05, 0.1) is 0 Å². The normalized spacial score (nSPS) is 30.3.